The van der Waals surface area contributed by atoms with Gasteiger partial charge in [-0.05, 0) is 0 Å². The quantitative estimate of drug-likeness (QED) is 0.448. The van der Waals surface area contributed by atoms with Gasteiger partial charge in [-0.3, -0.25) is 0 Å². The first-order valence-electron chi connectivity index (χ1n) is 1.30. The van der Waals surface area contributed by atoms with Crippen LogP contribution in [0.25, 0.3) is 0 Å². The standard InChI is InChI=1S/C2H2N2.Sn/c3-1-2-4;/h1-2H;/q-2;+4. The summed E-state index contributed by atoms with van der Waals surface area (Å²) in [5.74, 6) is 0. The fourth-order valence-electron chi connectivity index (χ4n) is 0.167. The second-order valence-electron chi connectivity index (χ2n) is 0.656. The van der Waals surface area contributed by atoms with E-state index in [4.69, 9.17) is 0 Å². The van der Waals surface area contributed by atoms with Gasteiger partial charge in [0.05, 0.1) is 0 Å². The summed E-state index contributed by atoms with van der Waals surface area (Å²) >= 11 is -0.532. The van der Waals surface area contributed by atoms with E-state index in [0.29, 0.717) is 0 Å². The molecule has 1 aliphatic heterocycles. The number of nitrogens with zero attached hydrogens (tertiary/aromatic N) is 2. The Bertz CT molecular complexity index is 65.7. The number of rotatable bonds is 0. The molecule has 0 aliphatic carbocycles. The van der Waals surface area contributed by atoms with E-state index in [2.05, 4.69) is 6.43 Å². The zero-order valence-electron chi connectivity index (χ0n) is 2.55. The maximum atomic E-state index is 3.91. The van der Waals surface area contributed by atoms with Gasteiger partial charge in [-0.25, -0.2) is 0 Å². The molecule has 1 rings (SSSR count). The fourth-order valence-corrected chi connectivity index (χ4v) is 1.12. The van der Waals surface area contributed by atoms with Crippen molar-refractivity contribution in [1.29, 1.82) is 0 Å². The Labute approximate surface area is 40.9 Å². The van der Waals surface area contributed by atoms with Gasteiger partial charge >= 0.3 is 40.5 Å². The zero-order chi connectivity index (χ0) is 3.54. The molecule has 0 aromatic carbocycles. The van der Waals surface area contributed by atoms with E-state index in [1.54, 1.807) is 12.4 Å². The minimum atomic E-state index is -0.532. The molecule has 0 unspecified atom stereocenters. The summed E-state index contributed by atoms with van der Waals surface area (Å²) in [7, 11) is 0. The number of hydrogen-bond acceptors (Lipinski definition) is 2. The average Bonchev–Trinajstić information content (AvgIpc) is 1.76. The molecule has 1 aliphatic rings. The second-order valence-corrected chi connectivity index (χ2v) is 2.70. The van der Waals surface area contributed by atoms with E-state index in [-0.39, 0.29) is 0 Å². The average molecular weight is 173 g/mol. The van der Waals surface area contributed by atoms with Crippen molar-refractivity contribution in [2.24, 2.45) is 6.43 Å². The van der Waals surface area contributed by atoms with Crippen LogP contribution < -0.4 is 0 Å². The van der Waals surface area contributed by atoms with E-state index in [9.17, 15) is 0 Å². The Hall–Kier alpha value is 0.139. The minimum absolute atomic E-state index is 0.532. The van der Waals surface area contributed by atoms with Crippen LogP contribution in [0.2, 0.25) is 0 Å². The van der Waals surface area contributed by atoms with Crippen LogP contribution in [0.15, 0.2) is 6.43 Å². The van der Waals surface area contributed by atoms with Crippen LogP contribution in [0.3, 0.4) is 0 Å². The van der Waals surface area contributed by atoms with Gasteiger partial charge in [0.15, 0.2) is 0 Å². The third-order valence-electron chi connectivity index (χ3n) is 0.331. The van der Waals surface area contributed by atoms with E-state index in [1.807, 2.05) is 0 Å². The van der Waals surface area contributed by atoms with Crippen LogP contribution in [0, 0.1) is 0 Å². The molecule has 0 aromatic rings. The third-order valence-corrected chi connectivity index (χ3v) is 1.84. The summed E-state index contributed by atoms with van der Waals surface area (Å²) in [5.41, 5.74) is 0. The van der Waals surface area contributed by atoms with Gasteiger partial charge in [0.2, 0.25) is 0 Å². The van der Waals surface area contributed by atoms with Gasteiger partial charge in [-0.15, -0.1) is 0 Å². The summed E-state index contributed by atoms with van der Waals surface area (Å²) in [6.45, 7) is 0. The molecule has 0 spiro atoms. The predicted octanol–water partition coefficient (Wildman–Crippen LogP) is -0.324. The van der Waals surface area contributed by atoms with Crippen molar-refractivity contribution < 1.29 is 0 Å². The van der Waals surface area contributed by atoms with Gasteiger partial charge in [0.1, 0.15) is 0 Å². The molecule has 0 saturated carbocycles. The normalized spacial score (nSPS) is 14.4. The molecular weight excluding hydrogens is 171 g/mol. The summed E-state index contributed by atoms with van der Waals surface area (Å²) in [4.78, 5) is 0. The van der Waals surface area contributed by atoms with Crippen molar-refractivity contribution in [3.8, 4) is 0 Å². The Kier molecular flexibility index (Phi) is 1.03. The van der Waals surface area contributed by atoms with Crippen molar-refractivity contribution in [3.05, 3.63) is 0 Å². The third kappa shape index (κ3) is 0.717. The SMILES string of the molecule is C1=[N][Sn+2][N]=C1. The van der Waals surface area contributed by atoms with E-state index < -0.39 is 21.7 Å². The predicted molar refractivity (Wildman–Crippen MR) is 22.7 cm³/mol. The van der Waals surface area contributed by atoms with Crippen LogP contribution in [0.4, 0.5) is 0 Å². The monoisotopic (exact) mass is 174 g/mol. The number of hydrogen-bond donors (Lipinski definition) is 0. The molecule has 1 heterocycles. The van der Waals surface area contributed by atoms with Crippen LogP contribution in [0.5, 0.6) is 0 Å². The Morgan fingerprint density at radius 1 is 1.20 bits per heavy atom. The molecule has 0 amide bonds. The molecule has 0 radical (unpaired) electrons. The molecule has 5 heavy (non-hydrogen) atoms. The molecule has 2 nitrogen and oxygen atoms in total. The summed E-state index contributed by atoms with van der Waals surface area (Å²) in [6.07, 6.45) is 3.54. The van der Waals surface area contributed by atoms with Crippen LogP contribution in [-0.2, 0) is 0 Å². The first-order valence-corrected chi connectivity index (χ1v) is 3.85. The van der Waals surface area contributed by atoms with E-state index in [1.165, 1.54) is 0 Å². The summed E-state index contributed by atoms with van der Waals surface area (Å²) in [6, 6.07) is 0. The molecule has 0 fully saturated rings. The fraction of sp³-hybridized carbons (Fsp3) is 0. The molecule has 0 aromatic heterocycles. The first kappa shape index (κ1) is 3.33. The van der Waals surface area contributed by atoms with E-state index in [0.717, 1.165) is 0 Å². The van der Waals surface area contributed by atoms with Gasteiger partial charge < -0.3 is 0 Å². The maximum absolute atomic E-state index is 3.91. The first-order chi connectivity index (χ1) is 2.50. The second kappa shape index (κ2) is 1.54. The van der Waals surface area contributed by atoms with Crippen molar-refractivity contribution in [3.63, 3.8) is 0 Å². The molecular formula is C2H2N2Sn+2. The van der Waals surface area contributed by atoms with Crippen molar-refractivity contribution in [2.75, 3.05) is 0 Å². The molecule has 22 valence electrons. The molecule has 0 bridgehead atoms. The van der Waals surface area contributed by atoms with Crippen LogP contribution in [-0.4, -0.2) is 34.1 Å². The van der Waals surface area contributed by atoms with Gasteiger partial charge in [0.25, 0.3) is 0 Å². The Balaban J connectivity index is 2.61. The summed E-state index contributed by atoms with van der Waals surface area (Å²) in [5, 5.41) is 0. The Morgan fingerprint density at radius 3 is 2.00 bits per heavy atom. The molecule has 0 saturated heterocycles. The molecule has 0 atom stereocenters. The molecule has 0 N–H and O–H groups in total. The van der Waals surface area contributed by atoms with E-state index >= 15 is 0 Å². The van der Waals surface area contributed by atoms with Crippen LogP contribution in [0.1, 0.15) is 0 Å². The van der Waals surface area contributed by atoms with Crippen molar-refractivity contribution in [1.82, 2.24) is 0 Å². The summed E-state index contributed by atoms with van der Waals surface area (Å²) < 4.78 is 7.81. The molecule has 3 heteroatoms. The topological polar surface area (TPSA) is 24.7 Å². The zero-order valence-corrected chi connectivity index (χ0v) is 5.40. The van der Waals surface area contributed by atoms with Gasteiger partial charge in [-0.2, -0.15) is 0 Å². The van der Waals surface area contributed by atoms with Gasteiger partial charge in [0, 0.05) is 0 Å². The van der Waals surface area contributed by atoms with Crippen molar-refractivity contribution in [2.45, 2.75) is 0 Å². The van der Waals surface area contributed by atoms with Gasteiger partial charge in [-0.1, -0.05) is 0 Å². The Morgan fingerprint density at radius 2 is 1.80 bits per heavy atom. The van der Waals surface area contributed by atoms with Crippen LogP contribution >= 0.6 is 0 Å². The van der Waals surface area contributed by atoms with Crippen molar-refractivity contribution >= 4 is 34.1 Å².